The van der Waals surface area contributed by atoms with Crippen LogP contribution in [0.3, 0.4) is 0 Å². The fourth-order valence-corrected chi connectivity index (χ4v) is 3.88. The summed E-state index contributed by atoms with van der Waals surface area (Å²) >= 11 is 5.37. The molecule has 0 spiro atoms. The third kappa shape index (κ3) is 2.37. The van der Waals surface area contributed by atoms with Crippen molar-refractivity contribution in [3.8, 4) is 0 Å². The summed E-state index contributed by atoms with van der Waals surface area (Å²) < 4.78 is 6.29. The van der Waals surface area contributed by atoms with Crippen molar-refractivity contribution in [2.75, 3.05) is 6.54 Å². The maximum Gasteiger partial charge on any atom is 0.223 e. The second kappa shape index (κ2) is 5.11. The van der Waals surface area contributed by atoms with Crippen molar-refractivity contribution >= 4 is 27.3 Å². The highest BCUT2D eigenvalue weighted by atomic mass is 79.9. The first kappa shape index (κ1) is 12.3. The van der Waals surface area contributed by atoms with Gasteiger partial charge in [0.25, 0.3) is 0 Å². The zero-order valence-electron chi connectivity index (χ0n) is 10.1. The second-order valence-electron chi connectivity index (χ2n) is 4.49. The summed E-state index contributed by atoms with van der Waals surface area (Å²) in [5.74, 6) is 1.48. The number of nitrogens with zero attached hydrogens (tertiary/aromatic N) is 3. The Morgan fingerprint density at radius 2 is 2.50 bits per heavy atom. The number of rotatable bonds is 3. The van der Waals surface area contributed by atoms with Crippen LogP contribution in [0.25, 0.3) is 0 Å². The van der Waals surface area contributed by atoms with E-state index < -0.39 is 0 Å². The SMILES string of the molecule is Cc1nc([C@H]2CCCN2Cc2sccc2Br)no1. The molecular formula is C12H14BrN3OS. The van der Waals surface area contributed by atoms with Crippen LogP contribution in [0.1, 0.15) is 35.5 Å². The summed E-state index contributed by atoms with van der Waals surface area (Å²) in [6.45, 7) is 3.89. The third-order valence-electron chi connectivity index (χ3n) is 3.24. The van der Waals surface area contributed by atoms with Crippen molar-refractivity contribution in [1.29, 1.82) is 0 Å². The Hall–Kier alpha value is -0.720. The Morgan fingerprint density at radius 3 is 3.17 bits per heavy atom. The lowest BCUT2D eigenvalue weighted by atomic mass is 10.2. The molecule has 96 valence electrons. The van der Waals surface area contributed by atoms with E-state index in [0.717, 1.165) is 25.3 Å². The molecule has 0 aliphatic carbocycles. The molecule has 6 heteroatoms. The van der Waals surface area contributed by atoms with Gasteiger partial charge in [0.1, 0.15) is 0 Å². The van der Waals surface area contributed by atoms with E-state index >= 15 is 0 Å². The van der Waals surface area contributed by atoms with Crippen LogP contribution in [0, 0.1) is 6.92 Å². The lowest BCUT2D eigenvalue weighted by molar-refractivity contribution is 0.236. The topological polar surface area (TPSA) is 42.2 Å². The van der Waals surface area contributed by atoms with E-state index in [0.29, 0.717) is 11.9 Å². The Morgan fingerprint density at radius 1 is 1.61 bits per heavy atom. The van der Waals surface area contributed by atoms with Crippen molar-refractivity contribution < 1.29 is 4.52 Å². The first-order chi connectivity index (χ1) is 8.74. The van der Waals surface area contributed by atoms with Gasteiger partial charge in [0.05, 0.1) is 6.04 Å². The van der Waals surface area contributed by atoms with E-state index in [2.05, 4.69) is 42.4 Å². The van der Waals surface area contributed by atoms with E-state index in [1.165, 1.54) is 15.8 Å². The zero-order valence-corrected chi connectivity index (χ0v) is 12.5. The van der Waals surface area contributed by atoms with E-state index in [4.69, 9.17) is 4.52 Å². The van der Waals surface area contributed by atoms with Gasteiger partial charge in [0, 0.05) is 22.8 Å². The molecule has 2 aromatic rings. The number of thiophene rings is 1. The average Bonchev–Trinajstić information content (AvgIpc) is 3.03. The number of hydrogen-bond acceptors (Lipinski definition) is 5. The summed E-state index contributed by atoms with van der Waals surface area (Å²) in [6.07, 6.45) is 2.31. The fourth-order valence-electron chi connectivity index (χ4n) is 2.38. The van der Waals surface area contributed by atoms with Crippen molar-refractivity contribution in [3.05, 3.63) is 32.5 Å². The molecule has 1 aliphatic heterocycles. The molecule has 0 amide bonds. The molecule has 1 atom stereocenters. The molecule has 1 fully saturated rings. The highest BCUT2D eigenvalue weighted by Crippen LogP contribution is 2.34. The number of likely N-dealkylation sites (tertiary alicyclic amines) is 1. The molecule has 0 aromatic carbocycles. The van der Waals surface area contributed by atoms with E-state index in [9.17, 15) is 0 Å². The molecule has 0 saturated carbocycles. The minimum Gasteiger partial charge on any atom is -0.340 e. The van der Waals surface area contributed by atoms with Gasteiger partial charge in [0.15, 0.2) is 5.82 Å². The van der Waals surface area contributed by atoms with Crippen molar-refractivity contribution in [1.82, 2.24) is 15.0 Å². The van der Waals surface area contributed by atoms with Crippen molar-refractivity contribution in [2.45, 2.75) is 32.4 Å². The number of aromatic nitrogens is 2. The third-order valence-corrected chi connectivity index (χ3v) is 5.15. The summed E-state index contributed by atoms with van der Waals surface area (Å²) in [5.41, 5.74) is 0. The van der Waals surface area contributed by atoms with Crippen LogP contribution in [0.15, 0.2) is 20.4 Å². The molecular weight excluding hydrogens is 314 g/mol. The molecule has 2 aromatic heterocycles. The van der Waals surface area contributed by atoms with Crippen LogP contribution >= 0.6 is 27.3 Å². The van der Waals surface area contributed by atoms with Gasteiger partial charge in [-0.05, 0) is 46.8 Å². The maximum atomic E-state index is 5.09. The van der Waals surface area contributed by atoms with Crippen LogP contribution < -0.4 is 0 Å². The summed E-state index contributed by atoms with van der Waals surface area (Å²) in [7, 11) is 0. The smallest absolute Gasteiger partial charge is 0.223 e. The monoisotopic (exact) mass is 327 g/mol. The highest BCUT2D eigenvalue weighted by molar-refractivity contribution is 9.10. The molecule has 18 heavy (non-hydrogen) atoms. The molecule has 0 unspecified atom stereocenters. The van der Waals surface area contributed by atoms with Gasteiger partial charge in [-0.25, -0.2) is 0 Å². The standard InChI is InChI=1S/C12H14BrN3OS/c1-8-14-12(15-17-8)10-3-2-5-16(10)7-11-9(13)4-6-18-11/h4,6,10H,2-3,5,7H2,1H3/t10-/m1/s1. The van der Waals surface area contributed by atoms with Crippen molar-refractivity contribution in [2.24, 2.45) is 0 Å². The minimum atomic E-state index is 0.302. The maximum absolute atomic E-state index is 5.09. The van der Waals surface area contributed by atoms with E-state index in [1.807, 2.05) is 6.92 Å². The van der Waals surface area contributed by atoms with Crippen molar-refractivity contribution in [3.63, 3.8) is 0 Å². The van der Waals surface area contributed by atoms with Crippen LogP contribution in [-0.4, -0.2) is 21.6 Å². The molecule has 0 N–H and O–H groups in total. The molecule has 3 rings (SSSR count). The first-order valence-corrected chi connectivity index (χ1v) is 7.67. The van der Waals surface area contributed by atoms with E-state index in [1.54, 1.807) is 11.3 Å². The predicted octanol–water partition coefficient (Wildman–Crippen LogP) is 3.54. The molecule has 0 radical (unpaired) electrons. The van der Waals surface area contributed by atoms with Gasteiger partial charge in [0.2, 0.25) is 5.89 Å². The van der Waals surface area contributed by atoms with Gasteiger partial charge in [-0.3, -0.25) is 4.90 Å². The highest BCUT2D eigenvalue weighted by Gasteiger charge is 2.30. The number of hydrogen-bond donors (Lipinski definition) is 0. The normalized spacial score (nSPS) is 20.7. The first-order valence-electron chi connectivity index (χ1n) is 6.00. The average molecular weight is 328 g/mol. The second-order valence-corrected chi connectivity index (χ2v) is 6.35. The Kier molecular flexibility index (Phi) is 3.50. The Labute approximate surface area is 118 Å². The molecule has 3 heterocycles. The lowest BCUT2D eigenvalue weighted by Crippen LogP contribution is -2.23. The van der Waals surface area contributed by atoms with Gasteiger partial charge >= 0.3 is 0 Å². The zero-order chi connectivity index (χ0) is 12.5. The van der Waals surface area contributed by atoms with Gasteiger partial charge in [-0.2, -0.15) is 4.98 Å². The molecule has 4 nitrogen and oxygen atoms in total. The van der Waals surface area contributed by atoms with Crippen LogP contribution in [-0.2, 0) is 6.54 Å². The van der Waals surface area contributed by atoms with Gasteiger partial charge in [-0.1, -0.05) is 5.16 Å². The number of aryl methyl sites for hydroxylation is 1. The molecule has 1 saturated heterocycles. The molecule has 1 aliphatic rings. The number of halogens is 1. The largest absolute Gasteiger partial charge is 0.340 e. The Bertz CT molecular complexity index is 539. The van der Waals surface area contributed by atoms with Gasteiger partial charge in [-0.15, -0.1) is 11.3 Å². The van der Waals surface area contributed by atoms with E-state index in [-0.39, 0.29) is 0 Å². The molecule has 0 bridgehead atoms. The van der Waals surface area contributed by atoms with Gasteiger partial charge < -0.3 is 4.52 Å². The van der Waals surface area contributed by atoms with Crippen LogP contribution in [0.4, 0.5) is 0 Å². The lowest BCUT2D eigenvalue weighted by Gasteiger charge is -2.21. The minimum absolute atomic E-state index is 0.302. The Balaban J connectivity index is 1.77. The predicted molar refractivity (Wildman–Crippen MR) is 73.4 cm³/mol. The quantitative estimate of drug-likeness (QED) is 0.864. The fraction of sp³-hybridized carbons (Fsp3) is 0.500. The van der Waals surface area contributed by atoms with Crippen LogP contribution in [0.5, 0.6) is 0 Å². The summed E-state index contributed by atoms with van der Waals surface area (Å²) in [5, 5.41) is 6.18. The summed E-state index contributed by atoms with van der Waals surface area (Å²) in [6, 6.07) is 2.40. The summed E-state index contributed by atoms with van der Waals surface area (Å²) in [4.78, 5) is 8.16. The van der Waals surface area contributed by atoms with Crippen LogP contribution in [0.2, 0.25) is 0 Å².